The van der Waals surface area contributed by atoms with Gasteiger partial charge in [-0.3, -0.25) is 9.36 Å². The van der Waals surface area contributed by atoms with Gasteiger partial charge in [0, 0.05) is 30.5 Å². The normalized spacial score (nSPS) is 12.0. The van der Waals surface area contributed by atoms with Gasteiger partial charge in [-0.05, 0) is 54.2 Å². The molecule has 3 rings (SSSR count). The summed E-state index contributed by atoms with van der Waals surface area (Å²) in [5, 5.41) is 3.68. The molecule has 0 radical (unpaired) electrons. The van der Waals surface area contributed by atoms with Crippen LogP contribution in [0.25, 0.3) is 16.8 Å². The third kappa shape index (κ3) is 7.44. The maximum Gasteiger partial charge on any atom is 0.269 e. The molecule has 0 spiro atoms. The quantitative estimate of drug-likeness (QED) is 0.290. The molecule has 0 saturated heterocycles. The van der Waals surface area contributed by atoms with Crippen molar-refractivity contribution >= 4 is 17.5 Å². The molecule has 6 heteroatoms. The molecule has 1 aromatic heterocycles. The van der Waals surface area contributed by atoms with Crippen molar-refractivity contribution in [3.63, 3.8) is 0 Å². The van der Waals surface area contributed by atoms with Crippen molar-refractivity contribution in [2.45, 2.75) is 46.0 Å². The fraction of sp³-hybridized carbons (Fsp3) is 0.407. The van der Waals surface area contributed by atoms with Gasteiger partial charge in [-0.2, -0.15) is 0 Å². The summed E-state index contributed by atoms with van der Waals surface area (Å²) in [6.45, 7) is 6.47. The third-order valence-electron chi connectivity index (χ3n) is 5.80. The molecule has 1 N–H and O–H groups in total. The van der Waals surface area contributed by atoms with Gasteiger partial charge < -0.3 is 10.1 Å². The fourth-order valence-electron chi connectivity index (χ4n) is 3.79. The Hall–Kier alpha value is -2.63. The van der Waals surface area contributed by atoms with Crippen LogP contribution in [-0.4, -0.2) is 35.2 Å². The van der Waals surface area contributed by atoms with Crippen LogP contribution in [0.4, 0.5) is 0 Å². The minimum atomic E-state index is -0.143. The lowest BCUT2D eigenvalue weighted by Crippen LogP contribution is -2.27. The first-order valence-electron chi connectivity index (χ1n) is 11.9. The molecule has 0 saturated carbocycles. The van der Waals surface area contributed by atoms with Gasteiger partial charge in [0.2, 0.25) is 0 Å². The van der Waals surface area contributed by atoms with Crippen LogP contribution in [0.5, 0.6) is 0 Å². The zero-order valence-electron chi connectivity index (χ0n) is 19.6. The molecule has 1 atom stereocenters. The van der Waals surface area contributed by atoms with E-state index in [2.05, 4.69) is 24.1 Å². The van der Waals surface area contributed by atoms with E-state index in [0.29, 0.717) is 29.8 Å². The largest absolute Gasteiger partial charge is 0.381 e. The smallest absolute Gasteiger partial charge is 0.269 e. The molecule has 5 nitrogen and oxygen atoms in total. The molecule has 3 aromatic rings. The predicted molar refractivity (Wildman–Crippen MR) is 135 cm³/mol. The Morgan fingerprint density at radius 3 is 2.67 bits per heavy atom. The number of nitrogens with zero attached hydrogens (tertiary/aromatic N) is 2. The Kier molecular flexibility index (Phi) is 9.98. The van der Waals surface area contributed by atoms with Crippen LogP contribution in [0.2, 0.25) is 5.02 Å². The number of carbonyl (C=O) groups excluding carboxylic acids is 1. The van der Waals surface area contributed by atoms with Gasteiger partial charge in [-0.15, -0.1) is 0 Å². The number of hydrogen-bond donors (Lipinski definition) is 1. The van der Waals surface area contributed by atoms with Crippen molar-refractivity contribution in [3.05, 3.63) is 71.8 Å². The van der Waals surface area contributed by atoms with E-state index in [9.17, 15) is 4.79 Å². The second kappa shape index (κ2) is 13.2. The summed E-state index contributed by atoms with van der Waals surface area (Å²) in [7, 11) is 0. The summed E-state index contributed by atoms with van der Waals surface area (Å²) in [5.74, 6) is 0.492. The van der Waals surface area contributed by atoms with E-state index >= 15 is 0 Å². The van der Waals surface area contributed by atoms with E-state index in [1.807, 2.05) is 48.5 Å². The maximum absolute atomic E-state index is 12.8. The number of hydrogen-bond acceptors (Lipinski definition) is 3. The summed E-state index contributed by atoms with van der Waals surface area (Å²) in [6.07, 6.45) is 8.91. The lowest BCUT2D eigenvalue weighted by atomic mass is 10.0. The molecule has 1 amide bonds. The van der Waals surface area contributed by atoms with E-state index in [-0.39, 0.29) is 5.91 Å². The second-order valence-corrected chi connectivity index (χ2v) is 8.75. The summed E-state index contributed by atoms with van der Waals surface area (Å²) < 4.78 is 7.64. The molecular weight excluding hydrogens is 434 g/mol. The number of halogens is 1. The van der Waals surface area contributed by atoms with Crippen LogP contribution < -0.4 is 5.32 Å². The van der Waals surface area contributed by atoms with Crippen LogP contribution in [0.15, 0.2) is 61.1 Å². The Morgan fingerprint density at radius 1 is 1.12 bits per heavy atom. The van der Waals surface area contributed by atoms with Gasteiger partial charge in [0.05, 0.1) is 12.5 Å². The summed E-state index contributed by atoms with van der Waals surface area (Å²) in [5.41, 5.74) is 3.42. The van der Waals surface area contributed by atoms with Gasteiger partial charge in [0.15, 0.2) is 0 Å². The fourth-order valence-corrected chi connectivity index (χ4v) is 3.98. The van der Waals surface area contributed by atoms with Crippen LogP contribution in [-0.2, 0) is 4.74 Å². The summed E-state index contributed by atoms with van der Waals surface area (Å²) in [6, 6.07) is 15.7. The Labute approximate surface area is 202 Å². The molecule has 0 fully saturated rings. The Balaban J connectivity index is 1.53. The maximum atomic E-state index is 12.8. The van der Waals surface area contributed by atoms with Gasteiger partial charge >= 0.3 is 0 Å². The highest BCUT2D eigenvalue weighted by Gasteiger charge is 2.13. The molecule has 0 aliphatic carbocycles. The molecule has 0 aliphatic rings. The molecule has 1 heterocycles. The van der Waals surface area contributed by atoms with E-state index in [4.69, 9.17) is 16.3 Å². The zero-order chi connectivity index (χ0) is 23.5. The van der Waals surface area contributed by atoms with Crippen molar-refractivity contribution in [2.24, 2.45) is 5.92 Å². The van der Waals surface area contributed by atoms with Gasteiger partial charge in [-0.1, -0.05) is 69.0 Å². The van der Waals surface area contributed by atoms with Crippen molar-refractivity contribution in [1.29, 1.82) is 0 Å². The second-order valence-electron chi connectivity index (χ2n) is 8.31. The van der Waals surface area contributed by atoms with Crippen LogP contribution in [0.1, 0.15) is 56.4 Å². The highest BCUT2D eigenvalue weighted by molar-refractivity contribution is 6.30. The van der Waals surface area contributed by atoms with Crippen LogP contribution in [0, 0.1) is 5.92 Å². The number of imidazole rings is 1. The standard InChI is InChI=1S/C27H34ClN3O2/c1-3-5-9-21(4-2)19-33-15-8-14-30-27(32)26-18-29-20-31(26)25-13-7-11-23(17-25)22-10-6-12-24(28)16-22/h6-7,10-13,16-18,20-21H,3-5,8-9,14-15,19H2,1-2H3,(H,30,32)/t21-/m1/s1. The van der Waals surface area contributed by atoms with Crippen LogP contribution >= 0.6 is 11.6 Å². The molecule has 2 aromatic carbocycles. The van der Waals surface area contributed by atoms with Gasteiger partial charge in [0.1, 0.15) is 5.69 Å². The Bertz CT molecular complexity index is 1020. The average Bonchev–Trinajstić information content (AvgIpc) is 3.33. The molecule has 0 aliphatic heterocycles. The minimum absolute atomic E-state index is 0.143. The summed E-state index contributed by atoms with van der Waals surface area (Å²) in [4.78, 5) is 17.0. The highest BCUT2D eigenvalue weighted by atomic mass is 35.5. The Morgan fingerprint density at radius 2 is 1.91 bits per heavy atom. The van der Waals surface area contributed by atoms with Crippen molar-refractivity contribution in [3.8, 4) is 16.8 Å². The minimum Gasteiger partial charge on any atom is -0.381 e. The lowest BCUT2D eigenvalue weighted by Gasteiger charge is -2.14. The number of nitrogens with one attached hydrogen (secondary N) is 1. The first-order valence-corrected chi connectivity index (χ1v) is 12.2. The van der Waals surface area contributed by atoms with E-state index in [0.717, 1.165) is 36.3 Å². The summed E-state index contributed by atoms with van der Waals surface area (Å²) >= 11 is 6.15. The lowest BCUT2D eigenvalue weighted by molar-refractivity contribution is 0.0872. The number of aromatic nitrogens is 2. The zero-order valence-corrected chi connectivity index (χ0v) is 20.4. The van der Waals surface area contributed by atoms with E-state index < -0.39 is 0 Å². The predicted octanol–water partition coefficient (Wildman–Crippen LogP) is 6.55. The van der Waals surface area contributed by atoms with E-state index in [1.54, 1.807) is 17.1 Å². The van der Waals surface area contributed by atoms with Crippen LogP contribution in [0.3, 0.4) is 0 Å². The van der Waals surface area contributed by atoms with Gasteiger partial charge in [-0.25, -0.2) is 4.98 Å². The first kappa shape index (κ1) is 25.0. The average molecular weight is 468 g/mol. The first-order chi connectivity index (χ1) is 16.1. The SMILES string of the molecule is CCCC[C@@H](CC)COCCCNC(=O)c1cncn1-c1cccc(-c2cccc(Cl)c2)c1. The number of ether oxygens (including phenoxy) is 1. The topological polar surface area (TPSA) is 56.1 Å². The number of benzene rings is 2. The van der Waals surface area contributed by atoms with Crippen molar-refractivity contribution in [1.82, 2.24) is 14.9 Å². The molecule has 0 bridgehead atoms. The molecular formula is C27H34ClN3O2. The molecule has 176 valence electrons. The monoisotopic (exact) mass is 467 g/mol. The number of rotatable bonds is 13. The third-order valence-corrected chi connectivity index (χ3v) is 6.04. The number of unbranched alkanes of at least 4 members (excludes halogenated alkanes) is 1. The van der Waals surface area contributed by atoms with E-state index in [1.165, 1.54) is 19.3 Å². The van der Waals surface area contributed by atoms with Crippen molar-refractivity contribution in [2.75, 3.05) is 19.8 Å². The molecule has 0 unspecified atom stereocenters. The van der Waals surface area contributed by atoms with Gasteiger partial charge in [0.25, 0.3) is 5.91 Å². The van der Waals surface area contributed by atoms with Crippen molar-refractivity contribution < 1.29 is 9.53 Å². The number of carbonyl (C=O) groups is 1. The number of amides is 1. The molecule has 33 heavy (non-hydrogen) atoms. The highest BCUT2D eigenvalue weighted by Crippen LogP contribution is 2.25.